The Kier molecular flexibility index (Phi) is 3.96. The Labute approximate surface area is 79.4 Å². The van der Waals surface area contributed by atoms with Crippen LogP contribution in [0, 0.1) is 0 Å². The third kappa shape index (κ3) is 3.36. The highest BCUT2D eigenvalue weighted by Crippen LogP contribution is 2.02. The summed E-state index contributed by atoms with van der Waals surface area (Å²) in [5.74, 6) is 0.669. The molecule has 0 aliphatic heterocycles. The van der Waals surface area contributed by atoms with Crippen molar-refractivity contribution in [1.82, 2.24) is 4.98 Å². The number of ether oxygens (including phenoxy) is 1. The summed E-state index contributed by atoms with van der Waals surface area (Å²) in [6.07, 6.45) is 3.64. The van der Waals surface area contributed by atoms with E-state index in [1.807, 2.05) is 28.4 Å². The number of nitrogens with zero attached hydrogens (tertiary/aromatic N) is 1. The first-order valence-electron chi connectivity index (χ1n) is 3.22. The Morgan fingerprint density at radius 3 is 3.09 bits per heavy atom. The van der Waals surface area contributed by atoms with Crippen molar-refractivity contribution in [3.63, 3.8) is 0 Å². The second-order valence-corrected chi connectivity index (χ2v) is 2.56. The van der Waals surface area contributed by atoms with Gasteiger partial charge in [0.15, 0.2) is 0 Å². The smallest absolute Gasteiger partial charge is 0.213 e. The third-order valence-electron chi connectivity index (χ3n) is 1.05. The van der Waals surface area contributed by atoms with Crippen molar-refractivity contribution in [2.24, 2.45) is 0 Å². The van der Waals surface area contributed by atoms with Gasteiger partial charge in [-0.25, -0.2) is 4.98 Å². The average Bonchev–Trinajstić information content (AvgIpc) is 2.07. The van der Waals surface area contributed by atoms with Crippen LogP contribution in [-0.4, -0.2) is 11.6 Å². The molecule has 0 radical (unpaired) electrons. The molecule has 1 rings (SSSR count). The van der Waals surface area contributed by atoms with E-state index in [0.717, 1.165) is 0 Å². The molecule has 1 aromatic heterocycles. The maximum atomic E-state index is 5.24. The molecule has 0 saturated carbocycles. The summed E-state index contributed by atoms with van der Waals surface area (Å²) in [6, 6.07) is 5.60. The van der Waals surface area contributed by atoms with Crippen LogP contribution in [0.5, 0.6) is 5.88 Å². The van der Waals surface area contributed by atoms with Gasteiger partial charge < -0.3 is 4.74 Å². The van der Waals surface area contributed by atoms with Gasteiger partial charge in [0.1, 0.15) is 6.61 Å². The van der Waals surface area contributed by atoms with Crippen molar-refractivity contribution < 1.29 is 4.74 Å². The topological polar surface area (TPSA) is 22.1 Å². The van der Waals surface area contributed by atoms with Gasteiger partial charge in [0, 0.05) is 12.3 Å². The minimum absolute atomic E-state index is 0.583. The fourth-order valence-electron chi connectivity index (χ4n) is 0.602. The quantitative estimate of drug-likeness (QED) is 0.779. The molecular formula is C8H8INO. The Morgan fingerprint density at radius 2 is 2.45 bits per heavy atom. The normalized spacial score (nSPS) is 10.3. The van der Waals surface area contributed by atoms with Gasteiger partial charge >= 0.3 is 0 Å². The van der Waals surface area contributed by atoms with Crippen LogP contribution < -0.4 is 4.74 Å². The fourth-order valence-corrected chi connectivity index (χ4v) is 0.810. The van der Waals surface area contributed by atoms with Gasteiger partial charge in [-0.05, 0) is 16.2 Å². The number of rotatable bonds is 3. The summed E-state index contributed by atoms with van der Waals surface area (Å²) >= 11 is 2.15. The molecule has 0 amide bonds. The first-order chi connectivity index (χ1) is 5.43. The highest BCUT2D eigenvalue weighted by Gasteiger charge is 1.87. The Morgan fingerprint density at radius 1 is 1.55 bits per heavy atom. The molecule has 0 atom stereocenters. The number of aromatic nitrogens is 1. The van der Waals surface area contributed by atoms with Gasteiger partial charge in [-0.1, -0.05) is 28.7 Å². The van der Waals surface area contributed by atoms with E-state index in [-0.39, 0.29) is 0 Å². The van der Waals surface area contributed by atoms with Crippen LogP contribution in [0.1, 0.15) is 0 Å². The van der Waals surface area contributed by atoms with Crippen LogP contribution in [0.2, 0.25) is 0 Å². The van der Waals surface area contributed by atoms with Gasteiger partial charge in [0.2, 0.25) is 5.88 Å². The predicted octanol–water partition coefficient (Wildman–Crippen LogP) is 2.41. The summed E-state index contributed by atoms with van der Waals surface area (Å²) < 4.78 is 7.16. The lowest BCUT2D eigenvalue weighted by atomic mass is 10.5. The zero-order chi connectivity index (χ0) is 7.94. The molecule has 0 unspecified atom stereocenters. The van der Waals surface area contributed by atoms with Gasteiger partial charge in [-0.2, -0.15) is 0 Å². The minimum atomic E-state index is 0.583. The molecule has 58 valence electrons. The van der Waals surface area contributed by atoms with Gasteiger partial charge in [0.05, 0.1) is 0 Å². The lowest BCUT2D eigenvalue weighted by molar-refractivity contribution is 0.348. The molecule has 0 spiro atoms. The van der Waals surface area contributed by atoms with Crippen molar-refractivity contribution in [2.45, 2.75) is 0 Å². The fraction of sp³-hybridized carbons (Fsp3) is 0.125. The largest absolute Gasteiger partial charge is 0.473 e. The molecule has 0 saturated heterocycles. The van der Waals surface area contributed by atoms with E-state index in [1.54, 1.807) is 6.20 Å². The lowest BCUT2D eigenvalue weighted by Crippen LogP contribution is -1.94. The Balaban J connectivity index is 2.39. The average molecular weight is 261 g/mol. The van der Waals surface area contributed by atoms with Crippen LogP contribution >= 0.6 is 22.6 Å². The van der Waals surface area contributed by atoms with Gasteiger partial charge in [-0.15, -0.1) is 0 Å². The second-order valence-electron chi connectivity index (χ2n) is 1.84. The van der Waals surface area contributed by atoms with Crippen LogP contribution in [0.25, 0.3) is 0 Å². The molecule has 0 fully saturated rings. The molecule has 3 heteroatoms. The maximum absolute atomic E-state index is 5.24. The van der Waals surface area contributed by atoms with Crippen molar-refractivity contribution in [3.05, 3.63) is 34.6 Å². The van der Waals surface area contributed by atoms with E-state index in [4.69, 9.17) is 4.74 Å². The van der Waals surface area contributed by atoms with Crippen LogP contribution in [0.3, 0.4) is 0 Å². The van der Waals surface area contributed by atoms with Crippen LogP contribution in [0.4, 0.5) is 0 Å². The van der Waals surface area contributed by atoms with Crippen LogP contribution in [-0.2, 0) is 0 Å². The highest BCUT2D eigenvalue weighted by molar-refractivity contribution is 14.1. The molecule has 2 nitrogen and oxygen atoms in total. The molecule has 1 heterocycles. The SMILES string of the molecule is I/C=C/COc1ccccn1. The van der Waals surface area contributed by atoms with E-state index in [9.17, 15) is 0 Å². The molecule has 0 bridgehead atoms. The van der Waals surface area contributed by atoms with Crippen LogP contribution in [0.15, 0.2) is 34.6 Å². The maximum Gasteiger partial charge on any atom is 0.213 e. The molecule has 0 aliphatic rings. The number of halogens is 1. The minimum Gasteiger partial charge on any atom is -0.473 e. The number of pyridine rings is 1. The first-order valence-corrected chi connectivity index (χ1v) is 4.47. The van der Waals surface area contributed by atoms with Crippen molar-refractivity contribution in [2.75, 3.05) is 6.61 Å². The van der Waals surface area contributed by atoms with E-state index in [1.165, 1.54) is 0 Å². The molecular weight excluding hydrogens is 253 g/mol. The predicted molar refractivity (Wildman–Crippen MR) is 52.9 cm³/mol. The summed E-state index contributed by atoms with van der Waals surface area (Å²) in [7, 11) is 0. The van der Waals surface area contributed by atoms with Crippen molar-refractivity contribution >= 4 is 22.6 Å². The zero-order valence-corrected chi connectivity index (χ0v) is 8.06. The monoisotopic (exact) mass is 261 g/mol. The summed E-state index contributed by atoms with van der Waals surface area (Å²) in [5, 5.41) is 0. The molecule has 0 aliphatic carbocycles. The summed E-state index contributed by atoms with van der Waals surface area (Å²) in [6.45, 7) is 0.583. The second kappa shape index (κ2) is 5.12. The lowest BCUT2D eigenvalue weighted by Gasteiger charge is -1.98. The summed E-state index contributed by atoms with van der Waals surface area (Å²) in [4.78, 5) is 3.99. The van der Waals surface area contributed by atoms with Crippen molar-refractivity contribution in [1.29, 1.82) is 0 Å². The number of hydrogen-bond acceptors (Lipinski definition) is 2. The van der Waals surface area contributed by atoms with E-state index < -0.39 is 0 Å². The standard InChI is InChI=1S/C8H8INO/c9-5-3-7-11-8-4-1-2-6-10-8/h1-6H,7H2/b5-3+. The Hall–Kier alpha value is -0.580. The molecule has 0 N–H and O–H groups in total. The van der Waals surface area contributed by atoms with Crippen molar-refractivity contribution in [3.8, 4) is 5.88 Å². The molecule has 11 heavy (non-hydrogen) atoms. The zero-order valence-electron chi connectivity index (χ0n) is 5.90. The van der Waals surface area contributed by atoms with E-state index in [0.29, 0.717) is 12.5 Å². The van der Waals surface area contributed by atoms with E-state index in [2.05, 4.69) is 27.6 Å². The molecule has 0 aromatic carbocycles. The van der Waals surface area contributed by atoms with E-state index >= 15 is 0 Å². The van der Waals surface area contributed by atoms with Gasteiger partial charge in [-0.3, -0.25) is 0 Å². The molecule has 1 aromatic rings. The Bertz CT molecular complexity index is 223. The first kappa shape index (κ1) is 8.52. The highest BCUT2D eigenvalue weighted by atomic mass is 127. The third-order valence-corrected chi connectivity index (χ3v) is 1.56. The van der Waals surface area contributed by atoms with Gasteiger partial charge in [0.25, 0.3) is 0 Å². The summed E-state index contributed by atoms with van der Waals surface area (Å²) in [5.41, 5.74) is 0. The number of hydrogen-bond donors (Lipinski definition) is 0.